The lowest BCUT2D eigenvalue weighted by molar-refractivity contribution is 0.0462. The number of hydrogen-bond donors (Lipinski definition) is 2. The molecule has 11 heteroatoms. The Morgan fingerprint density at radius 2 is 1.90 bits per heavy atom. The molecule has 0 radical (unpaired) electrons. The average Bonchev–Trinajstić information content (AvgIpc) is 3.28. The molecule has 30 heavy (non-hydrogen) atoms. The van der Waals surface area contributed by atoms with E-state index in [1.165, 1.54) is 11.0 Å². The van der Waals surface area contributed by atoms with Crippen LogP contribution in [-0.4, -0.2) is 41.1 Å². The van der Waals surface area contributed by atoms with E-state index in [1.807, 2.05) is 31.2 Å². The molecule has 0 fully saturated rings. The van der Waals surface area contributed by atoms with E-state index in [-0.39, 0.29) is 24.3 Å². The number of nitrogens with two attached hydrogens (primary N) is 1. The molecule has 0 aliphatic carbocycles. The van der Waals surface area contributed by atoms with Crippen LogP contribution in [0.5, 0.6) is 0 Å². The molecule has 0 saturated carbocycles. The van der Waals surface area contributed by atoms with Gasteiger partial charge in [0.1, 0.15) is 6.33 Å². The van der Waals surface area contributed by atoms with Gasteiger partial charge in [-0.2, -0.15) is 19.6 Å². The maximum Gasteiger partial charge on any atom is 0.340 e. The van der Waals surface area contributed by atoms with Gasteiger partial charge in [-0.05, 0) is 41.6 Å². The summed E-state index contributed by atoms with van der Waals surface area (Å²) in [4.78, 5) is 25.0. The van der Waals surface area contributed by atoms with Crippen LogP contribution in [-0.2, 0) is 11.3 Å². The largest absolute Gasteiger partial charge is 0.454 e. The molecule has 3 N–H and O–H groups in total. The molecule has 2 heterocycles. The minimum Gasteiger partial charge on any atom is -0.454 e. The van der Waals surface area contributed by atoms with Crippen LogP contribution in [0, 0.1) is 6.92 Å². The number of nitrogens with one attached hydrogen (secondary N) is 1. The summed E-state index contributed by atoms with van der Waals surface area (Å²) in [5, 5.41) is 14.0. The zero-order valence-electron chi connectivity index (χ0n) is 15.9. The van der Waals surface area contributed by atoms with E-state index >= 15 is 0 Å². The summed E-state index contributed by atoms with van der Waals surface area (Å²) < 4.78 is 6.75. The van der Waals surface area contributed by atoms with Crippen LogP contribution in [0.4, 0.5) is 17.6 Å². The van der Waals surface area contributed by atoms with Gasteiger partial charge in [-0.25, -0.2) is 4.79 Å². The van der Waals surface area contributed by atoms with Gasteiger partial charge in [-0.3, -0.25) is 0 Å². The zero-order valence-corrected chi connectivity index (χ0v) is 15.9. The van der Waals surface area contributed by atoms with Crippen molar-refractivity contribution in [2.75, 3.05) is 11.1 Å². The third-order valence-electron chi connectivity index (χ3n) is 4.06. The van der Waals surface area contributed by atoms with Crippen LogP contribution in [0.25, 0.3) is 5.69 Å². The Kier molecular flexibility index (Phi) is 5.24. The third kappa shape index (κ3) is 4.35. The van der Waals surface area contributed by atoms with Crippen LogP contribution in [0.1, 0.15) is 21.7 Å². The minimum absolute atomic E-state index is 0.0137. The molecule has 0 atom stereocenters. The van der Waals surface area contributed by atoms with E-state index in [9.17, 15) is 4.79 Å². The highest BCUT2D eigenvalue weighted by Crippen LogP contribution is 2.16. The van der Waals surface area contributed by atoms with Crippen LogP contribution in [0.3, 0.4) is 0 Å². The first kappa shape index (κ1) is 18.9. The summed E-state index contributed by atoms with van der Waals surface area (Å²) in [6.45, 7) is 1.81. The molecule has 4 rings (SSSR count). The molecular formula is C19H17N9O2. The van der Waals surface area contributed by atoms with E-state index in [4.69, 9.17) is 10.5 Å². The number of para-hydroxylation sites is 1. The fourth-order valence-electron chi connectivity index (χ4n) is 2.65. The third-order valence-corrected chi connectivity index (χ3v) is 4.06. The van der Waals surface area contributed by atoms with Gasteiger partial charge in [-0.15, -0.1) is 5.10 Å². The molecule has 2 aromatic carbocycles. The van der Waals surface area contributed by atoms with Crippen molar-refractivity contribution >= 4 is 23.6 Å². The predicted molar refractivity (Wildman–Crippen MR) is 107 cm³/mol. The monoisotopic (exact) mass is 403 g/mol. The number of carbonyl (C=O) groups is 1. The van der Waals surface area contributed by atoms with Crippen molar-refractivity contribution < 1.29 is 9.53 Å². The van der Waals surface area contributed by atoms with Gasteiger partial charge in [-0.1, -0.05) is 29.8 Å². The van der Waals surface area contributed by atoms with Crippen molar-refractivity contribution in [2.24, 2.45) is 0 Å². The minimum atomic E-state index is -0.576. The van der Waals surface area contributed by atoms with Gasteiger partial charge in [0.2, 0.25) is 11.9 Å². The maximum absolute atomic E-state index is 12.6. The number of carbonyl (C=O) groups excluding carboxylic acids is 1. The number of aromatic nitrogens is 7. The molecule has 0 spiro atoms. The first-order valence-corrected chi connectivity index (χ1v) is 8.92. The molecule has 0 bridgehead atoms. The Hall–Kier alpha value is -4.41. The zero-order chi connectivity index (χ0) is 20.9. The second-order valence-electron chi connectivity index (χ2n) is 6.27. The van der Waals surface area contributed by atoms with Gasteiger partial charge in [0.15, 0.2) is 12.4 Å². The van der Waals surface area contributed by atoms with Gasteiger partial charge in [0.05, 0.1) is 11.3 Å². The van der Waals surface area contributed by atoms with E-state index in [2.05, 4.69) is 35.8 Å². The Bertz CT molecular complexity index is 1160. The topological polar surface area (TPSA) is 147 Å². The Labute approximate surface area is 171 Å². The average molecular weight is 403 g/mol. The smallest absolute Gasteiger partial charge is 0.340 e. The highest BCUT2D eigenvalue weighted by Gasteiger charge is 2.16. The standard InChI is InChI=1S/C19H17N9O2/c1-12-6-8-13(9-7-12)22-19-24-16(23-18(20)25-19)10-30-17(29)14-4-2-3-5-15(14)28-11-21-26-27-28/h2-9,11H,10H2,1H3,(H3,20,22,23,24,25). The quantitative estimate of drug-likeness (QED) is 0.457. The fraction of sp³-hybridized carbons (Fsp3) is 0.105. The second kappa shape index (κ2) is 8.31. The first-order valence-electron chi connectivity index (χ1n) is 8.92. The molecule has 11 nitrogen and oxygen atoms in total. The lowest BCUT2D eigenvalue weighted by atomic mass is 10.2. The number of nitrogens with zero attached hydrogens (tertiary/aromatic N) is 7. The van der Waals surface area contributed by atoms with Gasteiger partial charge in [0.25, 0.3) is 0 Å². The van der Waals surface area contributed by atoms with Crippen molar-refractivity contribution in [1.29, 1.82) is 0 Å². The number of benzene rings is 2. The number of ether oxygens (including phenoxy) is 1. The van der Waals surface area contributed by atoms with Crippen molar-refractivity contribution in [3.63, 3.8) is 0 Å². The summed E-state index contributed by atoms with van der Waals surface area (Å²) in [6, 6.07) is 14.5. The maximum atomic E-state index is 12.6. The SMILES string of the molecule is Cc1ccc(Nc2nc(N)nc(COC(=O)c3ccccc3-n3cnnn3)n2)cc1. The number of hydrogen-bond acceptors (Lipinski definition) is 10. The summed E-state index contributed by atoms with van der Waals surface area (Å²) >= 11 is 0. The number of anilines is 3. The van der Waals surface area contributed by atoms with E-state index in [1.54, 1.807) is 24.3 Å². The molecule has 0 aliphatic rings. The molecule has 150 valence electrons. The highest BCUT2D eigenvalue weighted by atomic mass is 16.5. The Balaban J connectivity index is 1.48. The van der Waals surface area contributed by atoms with Crippen LogP contribution in [0.15, 0.2) is 54.9 Å². The van der Waals surface area contributed by atoms with Crippen molar-refractivity contribution in [2.45, 2.75) is 13.5 Å². The van der Waals surface area contributed by atoms with Crippen LogP contribution < -0.4 is 11.1 Å². The van der Waals surface area contributed by atoms with E-state index in [0.717, 1.165) is 11.3 Å². The van der Waals surface area contributed by atoms with Gasteiger partial charge in [0, 0.05) is 5.69 Å². The molecule has 2 aromatic heterocycles. The van der Waals surface area contributed by atoms with E-state index in [0.29, 0.717) is 11.3 Å². The number of esters is 1. The number of rotatable bonds is 6. The lowest BCUT2D eigenvalue weighted by Gasteiger charge is -2.10. The first-order chi connectivity index (χ1) is 14.6. The van der Waals surface area contributed by atoms with Crippen LogP contribution in [0.2, 0.25) is 0 Å². The normalized spacial score (nSPS) is 10.6. The van der Waals surface area contributed by atoms with E-state index < -0.39 is 5.97 Å². The summed E-state index contributed by atoms with van der Waals surface area (Å²) in [7, 11) is 0. The lowest BCUT2D eigenvalue weighted by Crippen LogP contribution is -2.13. The van der Waals surface area contributed by atoms with Crippen molar-refractivity contribution in [3.8, 4) is 5.69 Å². The molecule has 0 saturated heterocycles. The highest BCUT2D eigenvalue weighted by molar-refractivity contribution is 5.93. The Morgan fingerprint density at radius 3 is 2.67 bits per heavy atom. The van der Waals surface area contributed by atoms with Crippen molar-refractivity contribution in [1.82, 2.24) is 35.2 Å². The summed E-state index contributed by atoms with van der Waals surface area (Å²) in [5.74, 6) is -0.0928. The van der Waals surface area contributed by atoms with Gasteiger partial charge >= 0.3 is 5.97 Å². The molecule has 4 aromatic rings. The Morgan fingerprint density at radius 1 is 1.10 bits per heavy atom. The predicted octanol–water partition coefficient (Wildman–Crippen LogP) is 1.84. The molecular weight excluding hydrogens is 386 g/mol. The number of nitrogen functional groups attached to an aromatic ring is 1. The second-order valence-corrected chi connectivity index (χ2v) is 6.27. The fourth-order valence-corrected chi connectivity index (χ4v) is 2.65. The summed E-state index contributed by atoms with van der Waals surface area (Å²) in [5.41, 5.74) is 8.49. The van der Waals surface area contributed by atoms with Crippen LogP contribution >= 0.6 is 0 Å². The molecule has 0 amide bonds. The molecule has 0 unspecified atom stereocenters. The van der Waals surface area contributed by atoms with Crippen molar-refractivity contribution in [3.05, 3.63) is 71.8 Å². The number of aryl methyl sites for hydroxylation is 1. The number of tetrazole rings is 1. The molecule has 0 aliphatic heterocycles. The summed E-state index contributed by atoms with van der Waals surface area (Å²) in [6.07, 6.45) is 1.39. The van der Waals surface area contributed by atoms with Gasteiger partial charge < -0.3 is 15.8 Å².